The van der Waals surface area contributed by atoms with Crippen molar-refractivity contribution in [2.45, 2.75) is 13.1 Å². The van der Waals surface area contributed by atoms with Crippen LogP contribution < -0.4 is 25.0 Å². The van der Waals surface area contributed by atoms with E-state index < -0.39 is 0 Å². The highest BCUT2D eigenvalue weighted by molar-refractivity contribution is 5.79. The summed E-state index contributed by atoms with van der Waals surface area (Å²) in [5.41, 5.74) is 2.16. The van der Waals surface area contributed by atoms with E-state index in [1.165, 1.54) is 0 Å². The topological polar surface area (TPSA) is 71.0 Å². The lowest BCUT2D eigenvalue weighted by Gasteiger charge is -2.15. The minimum atomic E-state index is 0.589. The van der Waals surface area contributed by atoms with Crippen LogP contribution in [0.4, 0.5) is 5.82 Å². The Balaban J connectivity index is 1.95. The van der Waals surface area contributed by atoms with Crippen LogP contribution >= 0.6 is 0 Å². The van der Waals surface area contributed by atoms with Gasteiger partial charge in [0.25, 0.3) is 0 Å². The molecule has 0 fully saturated rings. The quantitative estimate of drug-likeness (QED) is 0.584. The maximum atomic E-state index is 5.43. The maximum Gasteiger partial charge on any atom is 0.191 e. The zero-order chi connectivity index (χ0) is 18.9. The number of rotatable bonds is 7. The molecule has 1 aromatic heterocycles. The number of ether oxygens (including phenoxy) is 2. The molecule has 0 amide bonds. The molecule has 0 saturated heterocycles. The number of pyridine rings is 1. The van der Waals surface area contributed by atoms with Crippen molar-refractivity contribution in [3.63, 3.8) is 0 Å². The molecular formula is C19H27N5O2. The van der Waals surface area contributed by atoms with Gasteiger partial charge >= 0.3 is 0 Å². The minimum Gasteiger partial charge on any atom is -0.497 e. The zero-order valence-corrected chi connectivity index (χ0v) is 16.0. The van der Waals surface area contributed by atoms with Gasteiger partial charge < -0.3 is 25.0 Å². The van der Waals surface area contributed by atoms with Crippen molar-refractivity contribution in [1.82, 2.24) is 15.6 Å². The molecule has 1 heterocycles. The first-order valence-corrected chi connectivity index (χ1v) is 8.35. The molecule has 0 aliphatic heterocycles. The second-order valence-electron chi connectivity index (χ2n) is 5.87. The summed E-state index contributed by atoms with van der Waals surface area (Å²) >= 11 is 0. The molecule has 0 aliphatic carbocycles. The minimum absolute atomic E-state index is 0.589. The molecule has 0 saturated carbocycles. The molecule has 0 unspecified atom stereocenters. The van der Waals surface area contributed by atoms with Gasteiger partial charge in [0.1, 0.15) is 17.3 Å². The van der Waals surface area contributed by atoms with Crippen LogP contribution in [0, 0.1) is 0 Å². The van der Waals surface area contributed by atoms with Crippen molar-refractivity contribution >= 4 is 11.8 Å². The van der Waals surface area contributed by atoms with Crippen LogP contribution in [0.3, 0.4) is 0 Å². The first-order valence-electron chi connectivity index (χ1n) is 8.35. The summed E-state index contributed by atoms with van der Waals surface area (Å²) in [5, 5.41) is 6.61. The van der Waals surface area contributed by atoms with Gasteiger partial charge in [-0.15, -0.1) is 0 Å². The van der Waals surface area contributed by atoms with Crippen LogP contribution in [-0.4, -0.2) is 46.3 Å². The van der Waals surface area contributed by atoms with Crippen LogP contribution in [0.15, 0.2) is 41.5 Å². The smallest absolute Gasteiger partial charge is 0.191 e. The highest BCUT2D eigenvalue weighted by atomic mass is 16.5. The largest absolute Gasteiger partial charge is 0.497 e. The van der Waals surface area contributed by atoms with E-state index in [-0.39, 0.29) is 0 Å². The first-order chi connectivity index (χ1) is 12.6. The molecule has 0 radical (unpaired) electrons. The number of aliphatic imine (C=N–C) groups is 1. The zero-order valence-electron chi connectivity index (χ0n) is 16.0. The Hall–Kier alpha value is -2.96. The lowest BCUT2D eigenvalue weighted by molar-refractivity contribution is 0.390. The molecule has 7 heteroatoms. The highest BCUT2D eigenvalue weighted by Crippen LogP contribution is 2.24. The summed E-state index contributed by atoms with van der Waals surface area (Å²) in [7, 11) is 8.99. The fraction of sp³-hybridized carbons (Fsp3) is 0.368. The number of anilines is 1. The molecular weight excluding hydrogens is 330 g/mol. The third kappa shape index (κ3) is 5.27. The maximum absolute atomic E-state index is 5.43. The lowest BCUT2D eigenvalue weighted by Crippen LogP contribution is -2.36. The SMILES string of the molecule is CN=C(NCc1ccnc(N(C)C)c1)NCc1ccc(OC)cc1OC. The van der Waals surface area contributed by atoms with E-state index in [0.29, 0.717) is 19.0 Å². The molecule has 2 aromatic rings. The molecule has 2 N–H and O–H groups in total. The average Bonchev–Trinajstić information content (AvgIpc) is 2.68. The molecule has 0 atom stereocenters. The van der Waals surface area contributed by atoms with E-state index in [2.05, 4.69) is 20.6 Å². The van der Waals surface area contributed by atoms with E-state index >= 15 is 0 Å². The van der Waals surface area contributed by atoms with E-state index in [0.717, 1.165) is 28.4 Å². The van der Waals surface area contributed by atoms with E-state index in [9.17, 15) is 0 Å². The van der Waals surface area contributed by atoms with Gasteiger partial charge in [-0.3, -0.25) is 4.99 Å². The number of nitrogens with one attached hydrogen (secondary N) is 2. The number of hydrogen-bond acceptors (Lipinski definition) is 5. The number of hydrogen-bond donors (Lipinski definition) is 2. The normalized spacial score (nSPS) is 11.0. The molecule has 7 nitrogen and oxygen atoms in total. The van der Waals surface area contributed by atoms with Crippen molar-refractivity contribution < 1.29 is 9.47 Å². The van der Waals surface area contributed by atoms with Gasteiger partial charge in [-0.1, -0.05) is 0 Å². The number of aromatic nitrogens is 1. The molecule has 0 bridgehead atoms. The standard InChI is InChI=1S/C19H27N5O2/c1-20-19(22-12-14-8-9-21-18(10-14)24(2)3)23-13-15-6-7-16(25-4)11-17(15)26-5/h6-11H,12-13H2,1-5H3,(H2,20,22,23). The van der Waals surface area contributed by atoms with Gasteiger partial charge in [-0.05, 0) is 29.8 Å². The Kier molecular flexibility index (Phi) is 7.08. The highest BCUT2D eigenvalue weighted by Gasteiger charge is 2.07. The van der Waals surface area contributed by atoms with Gasteiger partial charge in [-0.2, -0.15) is 0 Å². The average molecular weight is 357 g/mol. The van der Waals surface area contributed by atoms with Crippen molar-refractivity contribution in [2.75, 3.05) is 40.3 Å². The van der Waals surface area contributed by atoms with Crippen molar-refractivity contribution in [1.29, 1.82) is 0 Å². The fourth-order valence-electron chi connectivity index (χ4n) is 2.40. The van der Waals surface area contributed by atoms with Crippen LogP contribution in [0.5, 0.6) is 11.5 Å². The lowest BCUT2D eigenvalue weighted by atomic mass is 10.2. The number of nitrogens with zero attached hydrogens (tertiary/aromatic N) is 3. The van der Waals surface area contributed by atoms with Crippen LogP contribution in [-0.2, 0) is 13.1 Å². The molecule has 140 valence electrons. The van der Waals surface area contributed by atoms with Crippen molar-refractivity contribution in [3.05, 3.63) is 47.7 Å². The molecule has 26 heavy (non-hydrogen) atoms. The second kappa shape index (κ2) is 9.50. The first kappa shape index (κ1) is 19.4. The number of methoxy groups -OCH3 is 2. The summed E-state index contributed by atoms with van der Waals surface area (Å²) in [5.74, 6) is 3.18. The Morgan fingerprint density at radius 2 is 1.85 bits per heavy atom. The molecule has 1 aromatic carbocycles. The second-order valence-corrected chi connectivity index (χ2v) is 5.87. The van der Waals surface area contributed by atoms with Crippen molar-refractivity contribution in [3.8, 4) is 11.5 Å². The van der Waals surface area contributed by atoms with Crippen LogP contribution in [0.1, 0.15) is 11.1 Å². The van der Waals surface area contributed by atoms with E-state index in [1.54, 1.807) is 21.3 Å². The Morgan fingerprint density at radius 3 is 2.50 bits per heavy atom. The molecule has 0 spiro atoms. The van der Waals surface area contributed by atoms with E-state index in [4.69, 9.17) is 9.47 Å². The molecule has 2 rings (SSSR count). The third-order valence-electron chi connectivity index (χ3n) is 3.89. The van der Waals surface area contributed by atoms with Gasteiger partial charge in [0.2, 0.25) is 0 Å². The van der Waals surface area contributed by atoms with Gasteiger partial charge in [0, 0.05) is 52.1 Å². The summed E-state index contributed by atoms with van der Waals surface area (Å²) in [6.45, 7) is 1.24. The van der Waals surface area contributed by atoms with Crippen LogP contribution in [0.25, 0.3) is 0 Å². The Bertz CT molecular complexity index is 746. The Labute approximate surface area is 155 Å². The number of benzene rings is 1. The third-order valence-corrected chi connectivity index (χ3v) is 3.89. The Morgan fingerprint density at radius 1 is 1.08 bits per heavy atom. The predicted octanol–water partition coefficient (Wildman–Crippen LogP) is 2.03. The monoisotopic (exact) mass is 357 g/mol. The molecule has 0 aliphatic rings. The summed E-state index contributed by atoms with van der Waals surface area (Å²) < 4.78 is 10.7. The van der Waals surface area contributed by atoms with Crippen LogP contribution in [0.2, 0.25) is 0 Å². The summed E-state index contributed by atoms with van der Waals surface area (Å²) in [6.07, 6.45) is 1.81. The summed E-state index contributed by atoms with van der Waals surface area (Å²) in [6, 6.07) is 9.79. The van der Waals surface area contributed by atoms with E-state index in [1.807, 2.05) is 55.5 Å². The summed E-state index contributed by atoms with van der Waals surface area (Å²) in [4.78, 5) is 10.6. The predicted molar refractivity (Wildman–Crippen MR) is 105 cm³/mol. The fourth-order valence-corrected chi connectivity index (χ4v) is 2.40. The van der Waals surface area contributed by atoms with Gasteiger partial charge in [-0.25, -0.2) is 4.98 Å². The van der Waals surface area contributed by atoms with Gasteiger partial charge in [0.05, 0.1) is 14.2 Å². The number of guanidine groups is 1. The van der Waals surface area contributed by atoms with Crippen molar-refractivity contribution in [2.24, 2.45) is 4.99 Å². The van der Waals surface area contributed by atoms with Gasteiger partial charge in [0.15, 0.2) is 5.96 Å².